The van der Waals surface area contributed by atoms with E-state index in [4.69, 9.17) is 23.2 Å². The number of hydrogen-bond donors (Lipinski definition) is 1. The molecule has 0 radical (unpaired) electrons. The summed E-state index contributed by atoms with van der Waals surface area (Å²) in [6, 6.07) is 1.64. The normalized spacial score (nSPS) is 11.1. The van der Waals surface area contributed by atoms with E-state index in [2.05, 4.69) is 5.32 Å². The summed E-state index contributed by atoms with van der Waals surface area (Å²) in [7, 11) is 1.71. The molecule has 0 aliphatic heterocycles. The lowest BCUT2D eigenvalue weighted by atomic mass is 10.2. The molecule has 1 aromatic heterocycles. The van der Waals surface area contributed by atoms with Gasteiger partial charge in [0.15, 0.2) is 5.78 Å². The highest BCUT2D eigenvalue weighted by molar-refractivity contribution is 7.20. The van der Waals surface area contributed by atoms with Gasteiger partial charge in [-0.15, -0.1) is 11.3 Å². The van der Waals surface area contributed by atoms with Crippen LogP contribution in [0.25, 0.3) is 0 Å². The fourth-order valence-electron chi connectivity index (χ4n) is 1.53. The zero-order chi connectivity index (χ0) is 14.6. The maximum atomic E-state index is 12.0. The van der Waals surface area contributed by atoms with Gasteiger partial charge in [-0.05, 0) is 27.0 Å². The molecule has 1 aromatic rings. The second kappa shape index (κ2) is 7.24. The highest BCUT2D eigenvalue weighted by Crippen LogP contribution is 2.31. The SMILES string of the molecule is CC(C)NC(=O)CN(C)CC(=O)c1cc(Cl)sc1Cl. The van der Waals surface area contributed by atoms with E-state index < -0.39 is 0 Å². The van der Waals surface area contributed by atoms with Crippen molar-refractivity contribution in [3.05, 3.63) is 20.3 Å². The predicted octanol–water partition coefficient (Wildman–Crippen LogP) is 2.69. The van der Waals surface area contributed by atoms with Gasteiger partial charge in [0.2, 0.25) is 5.91 Å². The number of ketones is 1. The highest BCUT2D eigenvalue weighted by Gasteiger charge is 2.17. The Kier molecular flexibility index (Phi) is 6.26. The highest BCUT2D eigenvalue weighted by atomic mass is 35.5. The molecular weight excluding hydrogens is 307 g/mol. The van der Waals surface area contributed by atoms with Gasteiger partial charge in [0.05, 0.1) is 23.0 Å². The molecule has 19 heavy (non-hydrogen) atoms. The van der Waals surface area contributed by atoms with Crippen molar-refractivity contribution in [2.24, 2.45) is 0 Å². The van der Waals surface area contributed by atoms with E-state index in [0.29, 0.717) is 14.2 Å². The van der Waals surface area contributed by atoms with Crippen molar-refractivity contribution < 1.29 is 9.59 Å². The van der Waals surface area contributed by atoms with E-state index in [-0.39, 0.29) is 30.8 Å². The van der Waals surface area contributed by atoms with Crippen molar-refractivity contribution in [1.29, 1.82) is 0 Å². The van der Waals surface area contributed by atoms with Gasteiger partial charge in [0, 0.05) is 6.04 Å². The number of rotatable bonds is 6. The van der Waals surface area contributed by atoms with Crippen LogP contribution in [0.2, 0.25) is 8.67 Å². The van der Waals surface area contributed by atoms with Gasteiger partial charge < -0.3 is 5.32 Å². The van der Waals surface area contributed by atoms with Crippen LogP contribution in [0.1, 0.15) is 24.2 Å². The minimum absolute atomic E-state index is 0.0849. The first kappa shape index (κ1) is 16.4. The molecule has 0 aromatic carbocycles. The molecule has 0 saturated heterocycles. The van der Waals surface area contributed by atoms with E-state index in [0.717, 1.165) is 11.3 Å². The Morgan fingerprint density at radius 3 is 2.47 bits per heavy atom. The Morgan fingerprint density at radius 1 is 1.37 bits per heavy atom. The van der Waals surface area contributed by atoms with Gasteiger partial charge >= 0.3 is 0 Å². The molecule has 0 spiro atoms. The smallest absolute Gasteiger partial charge is 0.234 e. The number of halogens is 2. The summed E-state index contributed by atoms with van der Waals surface area (Å²) in [5.41, 5.74) is 0.410. The topological polar surface area (TPSA) is 49.4 Å². The molecule has 1 N–H and O–H groups in total. The Morgan fingerprint density at radius 2 is 2.00 bits per heavy atom. The van der Waals surface area contributed by atoms with Gasteiger partial charge in [-0.25, -0.2) is 0 Å². The number of nitrogens with zero attached hydrogens (tertiary/aromatic N) is 1. The van der Waals surface area contributed by atoms with Crippen molar-refractivity contribution in [2.75, 3.05) is 20.1 Å². The fraction of sp³-hybridized carbons (Fsp3) is 0.500. The van der Waals surface area contributed by atoms with E-state index in [1.54, 1.807) is 18.0 Å². The molecule has 0 bridgehead atoms. The fourth-order valence-corrected chi connectivity index (χ4v) is 3.03. The van der Waals surface area contributed by atoms with E-state index >= 15 is 0 Å². The number of amides is 1. The molecule has 0 unspecified atom stereocenters. The molecule has 1 heterocycles. The lowest BCUT2D eigenvalue weighted by Gasteiger charge is -2.16. The zero-order valence-corrected chi connectivity index (χ0v) is 13.3. The first-order valence-corrected chi connectivity index (χ1v) is 7.32. The maximum absolute atomic E-state index is 12.0. The summed E-state index contributed by atoms with van der Waals surface area (Å²) in [4.78, 5) is 25.2. The number of hydrogen-bond acceptors (Lipinski definition) is 4. The summed E-state index contributed by atoms with van der Waals surface area (Å²) in [5, 5.41) is 2.77. The summed E-state index contributed by atoms with van der Waals surface area (Å²) in [5.74, 6) is -0.257. The minimum Gasteiger partial charge on any atom is -0.353 e. The molecule has 106 valence electrons. The van der Waals surface area contributed by atoms with Crippen molar-refractivity contribution in [2.45, 2.75) is 19.9 Å². The van der Waals surface area contributed by atoms with Gasteiger partial charge in [-0.1, -0.05) is 23.2 Å². The third-order valence-corrected chi connectivity index (χ3v) is 3.72. The van der Waals surface area contributed by atoms with Crippen LogP contribution in [-0.2, 0) is 4.79 Å². The first-order chi connectivity index (χ1) is 8.79. The number of carbonyl (C=O) groups excluding carboxylic acids is 2. The predicted molar refractivity (Wildman–Crippen MR) is 79.4 cm³/mol. The number of likely N-dealkylation sites (N-methyl/N-ethyl adjacent to an activating group) is 1. The number of nitrogens with one attached hydrogen (secondary N) is 1. The zero-order valence-electron chi connectivity index (χ0n) is 11.0. The van der Waals surface area contributed by atoms with Crippen LogP contribution in [0.15, 0.2) is 6.07 Å². The Hall–Kier alpha value is -0.620. The third-order valence-electron chi connectivity index (χ3n) is 2.23. The van der Waals surface area contributed by atoms with Crippen LogP contribution in [-0.4, -0.2) is 42.8 Å². The number of thiophene rings is 1. The average molecular weight is 323 g/mol. The van der Waals surface area contributed by atoms with Crippen molar-refractivity contribution in [3.63, 3.8) is 0 Å². The van der Waals surface area contributed by atoms with Crippen molar-refractivity contribution >= 4 is 46.2 Å². The monoisotopic (exact) mass is 322 g/mol. The van der Waals surface area contributed by atoms with Gasteiger partial charge in [0.1, 0.15) is 4.34 Å². The largest absolute Gasteiger partial charge is 0.353 e. The lowest BCUT2D eigenvalue weighted by Crippen LogP contribution is -2.40. The van der Waals surface area contributed by atoms with Crippen LogP contribution < -0.4 is 5.32 Å². The third kappa shape index (κ3) is 5.48. The van der Waals surface area contributed by atoms with E-state index in [1.165, 1.54) is 0 Å². The quantitative estimate of drug-likeness (QED) is 0.819. The van der Waals surface area contributed by atoms with Crippen LogP contribution in [0.5, 0.6) is 0 Å². The lowest BCUT2D eigenvalue weighted by molar-refractivity contribution is -0.122. The van der Waals surface area contributed by atoms with Crippen LogP contribution in [0.3, 0.4) is 0 Å². The van der Waals surface area contributed by atoms with E-state index in [9.17, 15) is 9.59 Å². The molecule has 0 atom stereocenters. The van der Waals surface area contributed by atoms with Crippen molar-refractivity contribution in [1.82, 2.24) is 10.2 Å². The molecule has 1 rings (SSSR count). The molecule has 0 aliphatic rings. The second-order valence-electron chi connectivity index (χ2n) is 4.56. The van der Waals surface area contributed by atoms with Gasteiger partial charge in [0.25, 0.3) is 0 Å². The Balaban J connectivity index is 2.53. The summed E-state index contributed by atoms with van der Waals surface area (Å²) in [6.07, 6.45) is 0. The molecule has 1 amide bonds. The maximum Gasteiger partial charge on any atom is 0.234 e. The molecule has 7 heteroatoms. The number of Topliss-reactive ketones (excluding diaryl/α,β-unsaturated/α-hetero) is 1. The standard InChI is InChI=1S/C12H16Cl2N2O2S/c1-7(2)15-11(18)6-16(3)5-9(17)8-4-10(13)19-12(8)14/h4,7H,5-6H2,1-3H3,(H,15,18). The molecule has 0 aliphatic carbocycles. The van der Waals surface area contributed by atoms with Crippen LogP contribution >= 0.6 is 34.5 Å². The van der Waals surface area contributed by atoms with E-state index in [1.807, 2.05) is 13.8 Å². The number of carbonyl (C=O) groups is 2. The summed E-state index contributed by atoms with van der Waals surface area (Å²) in [6.45, 7) is 4.06. The Bertz CT molecular complexity index is 474. The summed E-state index contributed by atoms with van der Waals surface area (Å²) >= 11 is 12.9. The molecular formula is C12H16Cl2N2O2S. The Labute approximate surface area is 126 Å². The molecule has 0 saturated carbocycles. The van der Waals surface area contributed by atoms with Crippen LogP contribution in [0.4, 0.5) is 0 Å². The average Bonchev–Trinajstić information content (AvgIpc) is 2.55. The summed E-state index contributed by atoms with van der Waals surface area (Å²) < 4.78 is 0.864. The van der Waals surface area contributed by atoms with Gasteiger partial charge in [-0.3, -0.25) is 14.5 Å². The first-order valence-electron chi connectivity index (χ1n) is 5.75. The minimum atomic E-state index is -0.145. The van der Waals surface area contributed by atoms with Crippen LogP contribution in [0, 0.1) is 0 Å². The van der Waals surface area contributed by atoms with Crippen molar-refractivity contribution in [3.8, 4) is 0 Å². The van der Waals surface area contributed by atoms with Gasteiger partial charge in [-0.2, -0.15) is 0 Å². The second-order valence-corrected chi connectivity index (χ2v) is 6.84. The molecule has 0 fully saturated rings. The molecule has 4 nitrogen and oxygen atoms in total.